The molecule has 0 spiro atoms. The van der Waals surface area contributed by atoms with Crippen LogP contribution in [0.25, 0.3) is 0 Å². The maximum absolute atomic E-state index is 12.0. The summed E-state index contributed by atoms with van der Waals surface area (Å²) in [4.78, 5) is 24.3. The first kappa shape index (κ1) is 29.7. The van der Waals surface area contributed by atoms with E-state index >= 15 is 0 Å². The normalized spacial score (nSPS) is 15.0. The minimum Gasteiger partial charge on any atom is -0.481 e. The molecule has 3 rings (SSSR count). The molecular formula is C30H35N2O6S+. The lowest BCUT2D eigenvalue weighted by Crippen LogP contribution is -2.28. The highest BCUT2D eigenvalue weighted by atomic mass is 32.2. The van der Waals surface area contributed by atoms with E-state index < -0.39 is 21.5 Å². The molecule has 0 unspecified atom stereocenters. The number of rotatable bonds is 12. The molecule has 8 nitrogen and oxygen atoms in total. The summed E-state index contributed by atoms with van der Waals surface area (Å²) < 4.78 is 35.3. The molecule has 0 saturated carbocycles. The summed E-state index contributed by atoms with van der Waals surface area (Å²) >= 11 is 0. The number of para-hydroxylation sites is 1. The molecule has 2 N–H and O–H groups in total. The first-order valence-electron chi connectivity index (χ1n) is 12.8. The molecule has 0 radical (unpaired) electrons. The van der Waals surface area contributed by atoms with Crippen molar-refractivity contribution in [3.05, 3.63) is 90.7 Å². The van der Waals surface area contributed by atoms with E-state index in [0.717, 1.165) is 35.5 Å². The van der Waals surface area contributed by atoms with E-state index in [2.05, 4.69) is 4.58 Å². The molecule has 1 amide bonds. The molecular weight excluding hydrogens is 516 g/mol. The number of allylic oxidation sites excluding steroid dienone is 5. The van der Waals surface area contributed by atoms with Gasteiger partial charge in [0.25, 0.3) is 10.1 Å². The van der Waals surface area contributed by atoms with Crippen LogP contribution in [-0.2, 0) is 25.1 Å². The number of carbonyl (C=O) groups is 2. The van der Waals surface area contributed by atoms with Crippen LogP contribution in [0.15, 0.2) is 90.0 Å². The molecule has 0 aromatic heterocycles. The Kier molecular flexibility index (Phi) is 9.77. The summed E-state index contributed by atoms with van der Waals surface area (Å²) in [6, 6.07) is 14.0. The quantitative estimate of drug-likeness (QED) is 0.153. The van der Waals surface area contributed by atoms with Crippen molar-refractivity contribution in [3.63, 3.8) is 0 Å². The van der Waals surface area contributed by atoms with Gasteiger partial charge in [0, 0.05) is 49.4 Å². The third-order valence-electron chi connectivity index (χ3n) is 6.63. The van der Waals surface area contributed by atoms with Gasteiger partial charge in [-0.3, -0.25) is 19.0 Å². The minimum atomic E-state index is -4.35. The van der Waals surface area contributed by atoms with Crippen LogP contribution in [0.1, 0.15) is 52.0 Å². The van der Waals surface area contributed by atoms with Crippen molar-refractivity contribution in [2.75, 3.05) is 11.4 Å². The summed E-state index contributed by atoms with van der Waals surface area (Å²) in [6.45, 7) is 6.13. The highest BCUT2D eigenvalue weighted by Crippen LogP contribution is 2.41. The van der Waals surface area contributed by atoms with Gasteiger partial charge in [0.15, 0.2) is 5.71 Å². The molecule has 0 aliphatic carbocycles. The Balaban J connectivity index is 1.85. The SMILES string of the molecule is CC(=O)N(C=CC=CC=CC1=[N+](CCCCCC(=O)O)c2ccc(S(=O)(=O)O)cc2C1(C)C)c1ccccc1. The predicted octanol–water partition coefficient (Wildman–Crippen LogP) is 5.63. The number of carbonyl (C=O) groups excluding carboxylic acids is 1. The highest BCUT2D eigenvalue weighted by molar-refractivity contribution is 7.85. The van der Waals surface area contributed by atoms with E-state index in [4.69, 9.17) is 5.11 Å². The molecule has 0 bridgehead atoms. The lowest BCUT2D eigenvalue weighted by molar-refractivity contribution is -0.438. The Bertz CT molecular complexity index is 1440. The van der Waals surface area contributed by atoms with E-state index in [0.29, 0.717) is 13.0 Å². The van der Waals surface area contributed by atoms with Gasteiger partial charge in [0.2, 0.25) is 11.6 Å². The smallest absolute Gasteiger partial charge is 0.303 e. The van der Waals surface area contributed by atoms with Crippen molar-refractivity contribution >= 4 is 39.1 Å². The summed E-state index contributed by atoms with van der Waals surface area (Å²) in [6.07, 6.45) is 13.2. The second-order valence-corrected chi connectivity index (χ2v) is 11.3. The number of nitrogens with zero attached hydrogens (tertiary/aromatic N) is 2. The Morgan fingerprint density at radius 2 is 1.67 bits per heavy atom. The van der Waals surface area contributed by atoms with Crippen LogP contribution in [0.3, 0.4) is 0 Å². The first-order valence-corrected chi connectivity index (χ1v) is 14.2. The molecule has 2 aromatic rings. The summed E-state index contributed by atoms with van der Waals surface area (Å²) in [7, 11) is -4.35. The molecule has 9 heteroatoms. The average molecular weight is 552 g/mol. The third-order valence-corrected chi connectivity index (χ3v) is 7.48. The van der Waals surface area contributed by atoms with Crippen LogP contribution in [0.4, 0.5) is 11.4 Å². The zero-order valence-electron chi connectivity index (χ0n) is 22.4. The number of carboxylic acids is 1. The van der Waals surface area contributed by atoms with Gasteiger partial charge in [-0.25, -0.2) is 0 Å². The number of aliphatic carboxylic acids is 1. The Hall–Kier alpha value is -3.82. The second-order valence-electron chi connectivity index (χ2n) is 9.83. The molecule has 1 heterocycles. The number of amides is 1. The van der Waals surface area contributed by atoms with Crippen LogP contribution in [-0.4, -0.2) is 46.8 Å². The summed E-state index contributed by atoms with van der Waals surface area (Å²) in [5.41, 5.74) is 2.82. The molecule has 1 aliphatic rings. The van der Waals surface area contributed by atoms with E-state index in [9.17, 15) is 22.6 Å². The fourth-order valence-corrected chi connectivity index (χ4v) is 5.16. The lowest BCUT2D eigenvalue weighted by Gasteiger charge is -2.16. The van der Waals surface area contributed by atoms with Crippen LogP contribution in [0.2, 0.25) is 0 Å². The number of benzene rings is 2. The lowest BCUT2D eigenvalue weighted by atomic mass is 9.81. The van der Waals surface area contributed by atoms with E-state index in [1.165, 1.54) is 19.1 Å². The van der Waals surface area contributed by atoms with E-state index in [1.54, 1.807) is 23.2 Å². The van der Waals surface area contributed by atoms with Crippen molar-refractivity contribution in [1.82, 2.24) is 0 Å². The third kappa shape index (κ3) is 7.61. The van der Waals surface area contributed by atoms with Gasteiger partial charge in [-0.15, -0.1) is 0 Å². The molecule has 0 saturated heterocycles. The maximum Gasteiger partial charge on any atom is 0.303 e. The number of hydrogen-bond donors (Lipinski definition) is 2. The predicted molar refractivity (Wildman–Crippen MR) is 152 cm³/mol. The molecule has 1 aliphatic heterocycles. The van der Waals surface area contributed by atoms with Gasteiger partial charge in [0.05, 0.1) is 10.3 Å². The Morgan fingerprint density at radius 1 is 0.974 bits per heavy atom. The zero-order valence-corrected chi connectivity index (χ0v) is 23.3. The maximum atomic E-state index is 12.0. The number of anilines is 1. The minimum absolute atomic E-state index is 0.106. The largest absolute Gasteiger partial charge is 0.481 e. The molecule has 0 fully saturated rings. The van der Waals surface area contributed by atoms with Crippen molar-refractivity contribution in [3.8, 4) is 0 Å². The number of unbranched alkanes of at least 4 members (excludes halogenated alkanes) is 2. The van der Waals surface area contributed by atoms with Gasteiger partial charge in [-0.1, -0.05) is 36.4 Å². The van der Waals surface area contributed by atoms with Gasteiger partial charge < -0.3 is 5.11 Å². The Labute approximate surface area is 230 Å². The van der Waals surface area contributed by atoms with Crippen molar-refractivity contribution < 1.29 is 32.2 Å². The van der Waals surface area contributed by atoms with Crippen molar-refractivity contribution in [1.29, 1.82) is 0 Å². The second kappa shape index (κ2) is 12.8. The van der Waals surface area contributed by atoms with Crippen molar-refractivity contribution in [2.24, 2.45) is 0 Å². The van der Waals surface area contributed by atoms with Gasteiger partial charge in [-0.2, -0.15) is 13.0 Å². The van der Waals surface area contributed by atoms with E-state index in [1.807, 2.05) is 68.5 Å². The van der Waals surface area contributed by atoms with Crippen LogP contribution in [0, 0.1) is 0 Å². The van der Waals surface area contributed by atoms with Crippen LogP contribution in [0.5, 0.6) is 0 Å². The van der Waals surface area contributed by atoms with Crippen LogP contribution < -0.4 is 4.90 Å². The highest BCUT2D eigenvalue weighted by Gasteiger charge is 2.44. The monoisotopic (exact) mass is 551 g/mol. The van der Waals surface area contributed by atoms with Crippen LogP contribution >= 0.6 is 0 Å². The summed E-state index contributed by atoms with van der Waals surface area (Å²) in [5, 5.41) is 8.91. The molecule has 0 atom stereocenters. The summed E-state index contributed by atoms with van der Waals surface area (Å²) in [5.74, 6) is -0.919. The average Bonchev–Trinajstić information content (AvgIpc) is 3.08. The number of fused-ring (bicyclic) bond motifs is 1. The number of carboxylic acid groups (broad SMARTS) is 1. The van der Waals surface area contributed by atoms with Gasteiger partial charge >= 0.3 is 5.97 Å². The molecule has 2 aromatic carbocycles. The first-order chi connectivity index (χ1) is 18.4. The molecule has 206 valence electrons. The zero-order chi connectivity index (χ0) is 28.6. The topological polar surface area (TPSA) is 115 Å². The fourth-order valence-electron chi connectivity index (χ4n) is 4.65. The van der Waals surface area contributed by atoms with E-state index in [-0.39, 0.29) is 17.2 Å². The standard InChI is InChI=1S/C30H34N2O6S/c1-23(33)31(24-14-8-6-9-15-24)20-12-5-4-10-16-28-30(2,3)26-22-25(39(36,37)38)18-19-27(26)32(28)21-13-7-11-17-29(34)35/h4-6,8-10,12,14-16,18-20,22H,7,11,13,17,21H2,1-3H3,(H-,34,35,36,37,38)/p+1. The number of hydrogen-bond acceptors (Lipinski definition) is 4. The van der Waals surface area contributed by atoms with Gasteiger partial charge in [0.1, 0.15) is 6.54 Å². The fraction of sp³-hybridized carbons (Fsp3) is 0.300. The molecule has 39 heavy (non-hydrogen) atoms. The Morgan fingerprint density at radius 3 is 2.31 bits per heavy atom. The van der Waals surface area contributed by atoms with Crippen molar-refractivity contribution in [2.45, 2.75) is 56.8 Å². The van der Waals surface area contributed by atoms with Gasteiger partial charge in [-0.05, 0) is 57.0 Å².